The van der Waals surface area contributed by atoms with Crippen LogP contribution in [0.2, 0.25) is 20.1 Å². The van der Waals surface area contributed by atoms with E-state index in [2.05, 4.69) is 5.32 Å². The zero-order valence-electron chi connectivity index (χ0n) is 10.9. The lowest BCUT2D eigenvalue weighted by Gasteiger charge is -2.13. The van der Waals surface area contributed by atoms with E-state index in [9.17, 15) is 18.0 Å². The maximum atomic E-state index is 12.7. The molecule has 0 heterocycles. The van der Waals surface area contributed by atoms with E-state index >= 15 is 0 Å². The van der Waals surface area contributed by atoms with Crippen LogP contribution in [0.1, 0.15) is 15.9 Å². The first-order valence-electron chi connectivity index (χ1n) is 5.93. The molecule has 0 spiro atoms. The van der Waals surface area contributed by atoms with E-state index in [0.717, 1.165) is 12.1 Å². The third-order valence-electron chi connectivity index (χ3n) is 2.81. The lowest BCUT2D eigenvalue weighted by molar-refractivity contribution is -0.137. The fourth-order valence-corrected chi connectivity index (χ4v) is 2.58. The Morgan fingerprint density at radius 2 is 1.48 bits per heavy atom. The number of benzene rings is 2. The molecule has 2 nitrogen and oxygen atoms in total. The zero-order valence-corrected chi connectivity index (χ0v) is 14.0. The number of rotatable bonds is 2. The third kappa shape index (κ3) is 4.04. The molecule has 0 aliphatic rings. The van der Waals surface area contributed by atoms with E-state index in [1.165, 1.54) is 12.1 Å². The quantitative estimate of drug-likeness (QED) is 0.565. The Balaban J connectivity index is 2.40. The predicted octanol–water partition coefficient (Wildman–Crippen LogP) is 6.57. The highest BCUT2D eigenvalue weighted by molar-refractivity contribution is 6.46. The minimum Gasteiger partial charge on any atom is -0.321 e. The highest BCUT2D eigenvalue weighted by Crippen LogP contribution is 2.35. The molecule has 2 aromatic rings. The van der Waals surface area contributed by atoms with Gasteiger partial charge in [-0.25, -0.2) is 0 Å². The molecule has 1 N–H and O–H groups in total. The lowest BCUT2D eigenvalue weighted by Crippen LogP contribution is -2.15. The molecule has 2 aromatic carbocycles. The van der Waals surface area contributed by atoms with Crippen LogP contribution in [0, 0.1) is 0 Å². The molecule has 0 fully saturated rings. The van der Waals surface area contributed by atoms with Crippen molar-refractivity contribution in [2.75, 3.05) is 5.32 Å². The number of halogens is 7. The number of carbonyl (C=O) groups excluding carboxylic acids is 1. The summed E-state index contributed by atoms with van der Waals surface area (Å²) >= 11 is 23.4. The second-order valence-corrected chi connectivity index (χ2v) is 5.96. The minimum atomic E-state index is -4.57. The molecule has 0 bridgehead atoms. The summed E-state index contributed by atoms with van der Waals surface area (Å²) in [5, 5.41) is 2.15. The van der Waals surface area contributed by atoms with Crippen molar-refractivity contribution in [2.24, 2.45) is 0 Å². The average Bonchev–Trinajstić information content (AvgIpc) is 2.44. The van der Waals surface area contributed by atoms with Crippen LogP contribution in [0.4, 0.5) is 18.9 Å². The van der Waals surface area contributed by atoms with E-state index in [0.29, 0.717) is 6.07 Å². The predicted molar refractivity (Wildman–Crippen MR) is 85.9 cm³/mol. The summed E-state index contributed by atoms with van der Waals surface area (Å²) in [5.41, 5.74) is -1.34. The Kier molecular flexibility index (Phi) is 5.36. The molecule has 23 heavy (non-hydrogen) atoms. The van der Waals surface area contributed by atoms with Crippen molar-refractivity contribution in [3.05, 3.63) is 61.5 Å². The van der Waals surface area contributed by atoms with Crippen LogP contribution in [-0.2, 0) is 6.18 Å². The standard InChI is InChI=1S/C14H6Cl4F3NO/c15-7-2-1-6(14(19,20)21)5-10(7)22-13(23)11-8(16)3-4-9(17)12(11)18/h1-5H,(H,22,23). The SMILES string of the molecule is O=C(Nc1cc(C(F)(F)F)ccc1Cl)c1c(Cl)ccc(Cl)c1Cl. The van der Waals surface area contributed by atoms with Gasteiger partial charge in [0.25, 0.3) is 5.91 Å². The van der Waals surface area contributed by atoms with Gasteiger partial charge in [-0.05, 0) is 30.3 Å². The van der Waals surface area contributed by atoms with E-state index in [4.69, 9.17) is 46.4 Å². The molecule has 1 amide bonds. The van der Waals surface area contributed by atoms with Crippen molar-refractivity contribution < 1.29 is 18.0 Å². The van der Waals surface area contributed by atoms with Gasteiger partial charge in [-0.15, -0.1) is 0 Å². The van der Waals surface area contributed by atoms with Crippen molar-refractivity contribution in [1.82, 2.24) is 0 Å². The summed E-state index contributed by atoms with van der Waals surface area (Å²) < 4.78 is 38.2. The van der Waals surface area contributed by atoms with Gasteiger partial charge in [0, 0.05) is 0 Å². The Bertz CT molecular complexity index is 777. The Hall–Kier alpha value is -1.14. The van der Waals surface area contributed by atoms with Gasteiger partial charge in [0.2, 0.25) is 0 Å². The van der Waals surface area contributed by atoms with Gasteiger partial charge in [-0.2, -0.15) is 13.2 Å². The van der Waals surface area contributed by atoms with Crippen LogP contribution < -0.4 is 5.32 Å². The molecule has 0 saturated carbocycles. The number of anilines is 1. The number of nitrogens with one attached hydrogen (secondary N) is 1. The fourth-order valence-electron chi connectivity index (χ4n) is 1.72. The molecule has 0 atom stereocenters. The largest absolute Gasteiger partial charge is 0.416 e. The maximum Gasteiger partial charge on any atom is 0.416 e. The summed E-state index contributed by atoms with van der Waals surface area (Å²) in [6.45, 7) is 0. The first-order valence-corrected chi connectivity index (χ1v) is 7.44. The number of alkyl halides is 3. The average molecular weight is 403 g/mol. The normalized spacial score (nSPS) is 11.4. The maximum absolute atomic E-state index is 12.7. The molecular formula is C14H6Cl4F3NO. The second-order valence-electron chi connectivity index (χ2n) is 4.36. The van der Waals surface area contributed by atoms with Crippen molar-refractivity contribution >= 4 is 58.0 Å². The molecule has 0 aliphatic heterocycles. The topological polar surface area (TPSA) is 29.1 Å². The number of carbonyl (C=O) groups is 1. The number of hydrogen-bond acceptors (Lipinski definition) is 1. The number of amides is 1. The van der Waals surface area contributed by atoms with Gasteiger partial charge < -0.3 is 5.32 Å². The first kappa shape index (κ1) is 18.2. The van der Waals surface area contributed by atoms with Gasteiger partial charge in [-0.1, -0.05) is 46.4 Å². The molecule has 2 rings (SSSR count). The fraction of sp³-hybridized carbons (Fsp3) is 0.0714. The molecule has 0 aliphatic carbocycles. The highest BCUT2D eigenvalue weighted by atomic mass is 35.5. The van der Waals surface area contributed by atoms with E-state index in [-0.39, 0.29) is 31.3 Å². The Morgan fingerprint density at radius 3 is 2.09 bits per heavy atom. The van der Waals surface area contributed by atoms with Gasteiger partial charge in [0.1, 0.15) is 0 Å². The van der Waals surface area contributed by atoms with Crippen LogP contribution in [0.5, 0.6) is 0 Å². The Morgan fingerprint density at radius 1 is 0.913 bits per heavy atom. The molecule has 122 valence electrons. The molecular weight excluding hydrogens is 397 g/mol. The smallest absolute Gasteiger partial charge is 0.321 e. The molecule has 9 heteroatoms. The highest BCUT2D eigenvalue weighted by Gasteiger charge is 2.31. The molecule has 0 saturated heterocycles. The minimum absolute atomic E-state index is 0.00000146. The summed E-state index contributed by atoms with van der Waals surface area (Å²) in [4.78, 5) is 12.2. The summed E-state index contributed by atoms with van der Waals surface area (Å²) in [7, 11) is 0. The van der Waals surface area contributed by atoms with E-state index in [1.807, 2.05) is 0 Å². The van der Waals surface area contributed by atoms with Crippen LogP contribution >= 0.6 is 46.4 Å². The third-order valence-corrected chi connectivity index (χ3v) is 4.26. The van der Waals surface area contributed by atoms with Crippen molar-refractivity contribution in [3.63, 3.8) is 0 Å². The van der Waals surface area contributed by atoms with Gasteiger partial charge in [-0.3, -0.25) is 4.79 Å². The van der Waals surface area contributed by atoms with Crippen molar-refractivity contribution in [1.29, 1.82) is 0 Å². The van der Waals surface area contributed by atoms with Crippen molar-refractivity contribution in [3.8, 4) is 0 Å². The number of hydrogen-bond donors (Lipinski definition) is 1. The lowest BCUT2D eigenvalue weighted by atomic mass is 10.1. The van der Waals surface area contributed by atoms with Crippen LogP contribution in [0.25, 0.3) is 0 Å². The van der Waals surface area contributed by atoms with Gasteiger partial charge in [0.05, 0.1) is 36.9 Å². The van der Waals surface area contributed by atoms with Crippen LogP contribution in [-0.4, -0.2) is 5.91 Å². The summed E-state index contributed by atoms with van der Waals surface area (Å²) in [6, 6.07) is 5.28. The second kappa shape index (κ2) is 6.77. The first-order chi connectivity index (χ1) is 10.6. The van der Waals surface area contributed by atoms with Crippen LogP contribution in [0.15, 0.2) is 30.3 Å². The molecule has 0 aromatic heterocycles. The van der Waals surface area contributed by atoms with Gasteiger partial charge in [0.15, 0.2) is 0 Å². The zero-order chi connectivity index (χ0) is 17.4. The molecule has 0 radical (unpaired) electrons. The van der Waals surface area contributed by atoms with E-state index < -0.39 is 17.6 Å². The summed E-state index contributed by atoms with van der Waals surface area (Å²) in [6.07, 6.45) is -4.57. The van der Waals surface area contributed by atoms with Crippen LogP contribution in [0.3, 0.4) is 0 Å². The van der Waals surface area contributed by atoms with E-state index in [1.54, 1.807) is 0 Å². The van der Waals surface area contributed by atoms with Gasteiger partial charge >= 0.3 is 6.18 Å². The Labute approximate surface area is 149 Å². The summed E-state index contributed by atoms with van der Waals surface area (Å²) in [5.74, 6) is -0.830. The molecule has 0 unspecified atom stereocenters. The van der Waals surface area contributed by atoms with Crippen molar-refractivity contribution in [2.45, 2.75) is 6.18 Å². The monoisotopic (exact) mass is 401 g/mol.